The van der Waals surface area contributed by atoms with E-state index in [2.05, 4.69) is 0 Å². The van der Waals surface area contributed by atoms with Crippen molar-refractivity contribution in [2.45, 2.75) is 0 Å². The maximum atomic E-state index is 0. The zero-order valence-electron chi connectivity index (χ0n) is 2.15. The molecule has 0 bridgehead atoms. The summed E-state index contributed by atoms with van der Waals surface area (Å²) in [5, 5.41) is 0. The van der Waals surface area contributed by atoms with E-state index < -0.39 is 0 Å². The molecule has 0 amide bonds. The van der Waals surface area contributed by atoms with E-state index in [4.69, 9.17) is 0 Å². The minimum absolute atomic E-state index is 0. The van der Waals surface area contributed by atoms with Gasteiger partial charge in [0.05, 0.1) is 0 Å². The maximum absolute atomic E-state index is 0. The first kappa shape index (κ1) is 36.1. The first-order valence-electron chi connectivity index (χ1n) is 0. The van der Waals surface area contributed by atoms with Crippen molar-refractivity contribution >= 4 is 0 Å². The Kier molecular flexibility index (Phi) is 177. The summed E-state index contributed by atoms with van der Waals surface area (Å²) in [5.74, 6) is 0. The summed E-state index contributed by atoms with van der Waals surface area (Å²) in [5.41, 5.74) is 0. The molecule has 0 spiro atoms. The van der Waals surface area contributed by atoms with E-state index in [1.165, 1.54) is 0 Å². The van der Waals surface area contributed by atoms with Gasteiger partial charge >= 0.3 is 0 Å². The van der Waals surface area contributed by atoms with Gasteiger partial charge in [-0.3, -0.25) is 0 Å². The molecule has 0 saturated carbocycles. The molecule has 0 aromatic carbocycles. The molecule has 0 fully saturated rings. The van der Waals surface area contributed by atoms with E-state index in [1.807, 2.05) is 0 Å². The molecule has 0 aliphatic heterocycles. The van der Waals surface area contributed by atoms with Gasteiger partial charge in [-0.25, -0.2) is 0 Å². The summed E-state index contributed by atoms with van der Waals surface area (Å²) >= 11 is 0. The van der Waals surface area contributed by atoms with Gasteiger partial charge in [0.2, 0.25) is 0 Å². The van der Waals surface area contributed by atoms with Crippen molar-refractivity contribution in [3.8, 4) is 0 Å². The van der Waals surface area contributed by atoms with Gasteiger partial charge in [-0.2, -0.15) is 0 Å². The molecule has 31 valence electrons. The maximum Gasteiger partial charge on any atom is 0 e. The van der Waals surface area contributed by atoms with Crippen LogP contribution in [-0.4, -0.2) is 0 Å². The monoisotopic (exact) mass is 395 g/mol. The van der Waals surface area contributed by atoms with Crippen LogP contribution in [0, 0.1) is 41.7 Å². The van der Waals surface area contributed by atoms with Crippen molar-refractivity contribution in [1.82, 2.24) is 0 Å². The van der Waals surface area contributed by atoms with Crippen LogP contribution in [0.25, 0.3) is 0 Å². The van der Waals surface area contributed by atoms with E-state index in [9.17, 15) is 0 Å². The Balaban J connectivity index is 0. The Morgan fingerprint density at radius 3 is 1.00 bits per heavy atom. The molecule has 0 atom stereocenters. The van der Waals surface area contributed by atoms with E-state index in [-0.39, 0.29) is 123 Å². The Morgan fingerprint density at radius 2 is 1.00 bits per heavy atom. The number of rotatable bonds is 0. The van der Waals surface area contributed by atoms with Crippen LogP contribution < -0.4 is 0 Å². The number of hydrogen-bond donors (Lipinski definition) is 0. The first-order valence-corrected chi connectivity index (χ1v) is 0. The van der Waals surface area contributed by atoms with Crippen LogP contribution in [0.1, 0.15) is 0 Å². The molecule has 0 unspecified atom stereocenters. The number of hydrogen-bond acceptors (Lipinski definition) is 0. The van der Waals surface area contributed by atoms with Gasteiger partial charge in [0.15, 0.2) is 0 Å². The van der Waals surface area contributed by atoms with Gasteiger partial charge in [0.1, 0.15) is 0 Å². The van der Waals surface area contributed by atoms with Gasteiger partial charge in [0.25, 0.3) is 0 Å². The third-order valence-electron chi connectivity index (χ3n) is 0. The third-order valence-corrected chi connectivity index (χ3v) is 0. The van der Waals surface area contributed by atoms with Crippen molar-refractivity contribution in [2.75, 3.05) is 0 Å². The van der Waals surface area contributed by atoms with Crippen LogP contribution in [0.2, 0.25) is 0 Å². The summed E-state index contributed by atoms with van der Waals surface area (Å²) in [6.07, 6.45) is 0. The molecule has 0 N–H and O–H groups in total. The second kappa shape index (κ2) is 24.6. The molecular weight excluding hydrogens is 397 g/mol. The van der Waals surface area contributed by atoms with Gasteiger partial charge in [-0.05, 0) is 0 Å². The van der Waals surface area contributed by atoms with E-state index in [0.29, 0.717) is 0 Å². The molecule has 0 aliphatic rings. The molecule has 5 heteroatoms. The van der Waals surface area contributed by atoms with Crippen LogP contribution in [0.4, 0.5) is 0 Å². The van der Waals surface area contributed by atoms with Gasteiger partial charge in [-0.1, -0.05) is 0 Å². The fraction of sp³-hybridized carbons (Fsp3) is 0. The minimum atomic E-state index is 0. The van der Waals surface area contributed by atoms with E-state index in [1.54, 1.807) is 0 Å². The topological polar surface area (TPSA) is 0 Å². The quantitative estimate of drug-likeness (QED) is 0.505. The van der Waals surface area contributed by atoms with Gasteiger partial charge in [0, 0.05) is 123 Å². The smallest absolute Gasteiger partial charge is 0 e. The van der Waals surface area contributed by atoms with Gasteiger partial charge < -0.3 is 0 Å². The molecule has 0 rings (SSSR count). The second-order valence-corrected chi connectivity index (χ2v) is 0. The average Bonchev–Trinajstić information content (AvgIpc) is 0. The molecule has 0 saturated heterocycles. The fourth-order valence-electron chi connectivity index (χ4n) is 0. The largest absolute Gasteiger partial charge is 0 e. The minimum Gasteiger partial charge on any atom is 0 e. The van der Waals surface area contributed by atoms with Crippen LogP contribution in [0.15, 0.2) is 0 Å². The summed E-state index contributed by atoms with van der Waals surface area (Å²) < 4.78 is 0. The molecule has 0 aromatic heterocycles. The normalized spacial score (nSPS) is 0. The Morgan fingerprint density at radius 1 is 1.00 bits per heavy atom. The molecule has 1 radical (unpaired) electrons. The van der Waals surface area contributed by atoms with Crippen molar-refractivity contribution < 1.29 is 123 Å². The zero-order chi connectivity index (χ0) is 0. The molecular formula is CeCoNiTiZr. The standard InChI is InChI=1S/Ce.Co.Ni.Ti.Zr. The Labute approximate surface area is 120 Å². The van der Waals surface area contributed by atoms with Crippen LogP contribution >= 0.6 is 0 Å². The van der Waals surface area contributed by atoms with Crippen molar-refractivity contribution in [3.05, 3.63) is 0 Å². The summed E-state index contributed by atoms with van der Waals surface area (Å²) in [6, 6.07) is 0. The molecule has 0 aromatic rings. The first-order chi connectivity index (χ1) is 0. The van der Waals surface area contributed by atoms with Crippen LogP contribution in [0.5, 0.6) is 0 Å². The third kappa shape index (κ3) is 18.0. The van der Waals surface area contributed by atoms with Crippen molar-refractivity contribution in [2.24, 2.45) is 0 Å². The molecule has 5 heavy (non-hydrogen) atoms. The summed E-state index contributed by atoms with van der Waals surface area (Å²) in [6.45, 7) is 0. The summed E-state index contributed by atoms with van der Waals surface area (Å²) in [4.78, 5) is 0. The predicted molar refractivity (Wildman–Crippen MR) is 0 cm³/mol. The molecule has 0 heterocycles. The Hall–Kier alpha value is 3.97. The van der Waals surface area contributed by atoms with E-state index in [0.717, 1.165) is 0 Å². The SMILES string of the molecule is [Ce].[Co].[Ni].[Ti].[Zr]. The summed E-state index contributed by atoms with van der Waals surface area (Å²) in [7, 11) is 0. The van der Waals surface area contributed by atoms with E-state index >= 15 is 0 Å². The molecule has 0 aliphatic carbocycles. The van der Waals surface area contributed by atoms with Gasteiger partial charge in [-0.15, -0.1) is 0 Å². The van der Waals surface area contributed by atoms with Crippen LogP contribution in [-0.2, 0) is 81.2 Å². The average molecular weight is 397 g/mol. The predicted octanol–water partition coefficient (Wildman–Crippen LogP) is -0.0100. The second-order valence-electron chi connectivity index (χ2n) is 0. The fourth-order valence-corrected chi connectivity index (χ4v) is 0. The van der Waals surface area contributed by atoms with Crippen LogP contribution in [0.3, 0.4) is 0 Å². The Bertz CT molecular complexity index is 11.6. The van der Waals surface area contributed by atoms with Crippen molar-refractivity contribution in [1.29, 1.82) is 0 Å². The zero-order valence-corrected chi connectivity index (χ0v) is 11.3. The molecule has 0 nitrogen and oxygen atoms in total. The van der Waals surface area contributed by atoms with Crippen molar-refractivity contribution in [3.63, 3.8) is 0 Å².